The Labute approximate surface area is 201 Å². The molecule has 1 amide bonds. The van der Waals surface area contributed by atoms with Crippen molar-refractivity contribution < 1.29 is 23.8 Å². The van der Waals surface area contributed by atoms with E-state index in [1.54, 1.807) is 29.2 Å². The summed E-state index contributed by atoms with van der Waals surface area (Å²) < 4.78 is 24.3. The number of aromatic hydroxyl groups is 1. The number of phenolic OH excluding ortho intramolecular Hbond substituents is 1. The molecule has 0 saturated heterocycles. The van der Waals surface area contributed by atoms with Crippen molar-refractivity contribution in [2.24, 2.45) is 0 Å². The average molecular weight is 474 g/mol. The first kappa shape index (κ1) is 22.5. The van der Waals surface area contributed by atoms with Gasteiger partial charge < -0.3 is 19.5 Å². The first-order valence-corrected chi connectivity index (χ1v) is 11.1. The van der Waals surface area contributed by atoms with Crippen LogP contribution in [0.25, 0.3) is 11.3 Å². The van der Waals surface area contributed by atoms with Gasteiger partial charge in [0.15, 0.2) is 11.5 Å². The molecule has 0 aliphatic carbocycles. The molecule has 0 spiro atoms. The van der Waals surface area contributed by atoms with Crippen molar-refractivity contribution >= 4 is 5.91 Å². The molecule has 2 N–H and O–H groups in total. The molecule has 1 aliphatic heterocycles. The van der Waals surface area contributed by atoms with E-state index in [2.05, 4.69) is 10.2 Å². The number of ether oxygens (including phenoxy) is 2. The third kappa shape index (κ3) is 3.86. The van der Waals surface area contributed by atoms with Gasteiger partial charge in [-0.05, 0) is 42.3 Å². The summed E-state index contributed by atoms with van der Waals surface area (Å²) in [5.41, 5.74) is 5.20. The summed E-state index contributed by atoms with van der Waals surface area (Å²) in [4.78, 5) is 15.3. The van der Waals surface area contributed by atoms with Crippen molar-refractivity contribution in [3.8, 4) is 28.5 Å². The lowest BCUT2D eigenvalue weighted by molar-refractivity contribution is 0.0729. The van der Waals surface area contributed by atoms with Crippen LogP contribution in [0.15, 0.2) is 60.7 Å². The standard InChI is InChI=1S/C27H24FN3O4/c1-15-4-8-17(9-5-15)23-22-24(30-29-23)27(33)31(14-16-6-10-19(28)11-7-16)25(22)18-12-20(34-2)26(32)21(13-18)35-3/h4-13,25,32H,14H2,1-3H3,(H,29,30). The Kier molecular flexibility index (Phi) is 5.64. The Morgan fingerprint density at radius 2 is 1.66 bits per heavy atom. The smallest absolute Gasteiger partial charge is 0.273 e. The van der Waals surface area contributed by atoms with E-state index < -0.39 is 6.04 Å². The summed E-state index contributed by atoms with van der Waals surface area (Å²) in [6.45, 7) is 2.25. The number of carbonyl (C=O) groups excluding carboxylic acids is 1. The number of nitrogens with one attached hydrogen (secondary N) is 1. The second-order valence-electron chi connectivity index (χ2n) is 8.46. The zero-order valence-electron chi connectivity index (χ0n) is 19.5. The van der Waals surface area contributed by atoms with Gasteiger partial charge in [0.05, 0.1) is 26.0 Å². The zero-order chi connectivity index (χ0) is 24.7. The first-order valence-electron chi connectivity index (χ1n) is 11.1. The van der Waals surface area contributed by atoms with E-state index in [4.69, 9.17) is 9.47 Å². The minimum Gasteiger partial charge on any atom is -0.502 e. The minimum absolute atomic E-state index is 0.126. The molecule has 8 heteroatoms. The molecule has 35 heavy (non-hydrogen) atoms. The van der Waals surface area contributed by atoms with Crippen LogP contribution in [0.3, 0.4) is 0 Å². The summed E-state index contributed by atoms with van der Waals surface area (Å²) in [6, 6.07) is 16.8. The Hall–Kier alpha value is -4.33. The van der Waals surface area contributed by atoms with E-state index in [1.807, 2.05) is 31.2 Å². The van der Waals surface area contributed by atoms with Gasteiger partial charge in [-0.15, -0.1) is 0 Å². The van der Waals surface area contributed by atoms with Gasteiger partial charge in [0.25, 0.3) is 5.91 Å². The molecule has 0 fully saturated rings. The molecular weight excluding hydrogens is 449 g/mol. The molecule has 0 radical (unpaired) electrons. The molecule has 2 heterocycles. The zero-order valence-corrected chi connectivity index (χ0v) is 19.5. The number of nitrogens with zero attached hydrogens (tertiary/aromatic N) is 2. The van der Waals surface area contributed by atoms with Crippen molar-refractivity contribution in [2.45, 2.75) is 19.5 Å². The van der Waals surface area contributed by atoms with E-state index in [9.17, 15) is 14.3 Å². The minimum atomic E-state index is -0.555. The van der Waals surface area contributed by atoms with E-state index in [0.29, 0.717) is 17.0 Å². The molecule has 0 saturated carbocycles. The number of aromatic nitrogens is 2. The number of aromatic amines is 1. The number of hydrogen-bond acceptors (Lipinski definition) is 5. The maximum absolute atomic E-state index is 13.6. The monoisotopic (exact) mass is 473 g/mol. The van der Waals surface area contributed by atoms with Crippen LogP contribution in [0, 0.1) is 12.7 Å². The molecule has 1 atom stereocenters. The number of benzene rings is 3. The van der Waals surface area contributed by atoms with Gasteiger partial charge in [-0.2, -0.15) is 5.10 Å². The molecule has 3 aromatic carbocycles. The maximum atomic E-state index is 13.6. The normalized spacial score (nSPS) is 14.8. The van der Waals surface area contributed by atoms with Crippen molar-refractivity contribution in [1.29, 1.82) is 0 Å². The van der Waals surface area contributed by atoms with Gasteiger partial charge in [0.1, 0.15) is 11.5 Å². The molecule has 5 rings (SSSR count). The first-order chi connectivity index (χ1) is 16.9. The van der Waals surface area contributed by atoms with Gasteiger partial charge in [0, 0.05) is 17.7 Å². The third-order valence-corrected chi connectivity index (χ3v) is 6.27. The fourth-order valence-corrected chi connectivity index (χ4v) is 4.50. The number of methoxy groups -OCH3 is 2. The highest BCUT2D eigenvalue weighted by atomic mass is 19.1. The highest BCUT2D eigenvalue weighted by molar-refractivity contribution is 6.00. The van der Waals surface area contributed by atoms with Gasteiger partial charge >= 0.3 is 0 Å². The number of carbonyl (C=O) groups is 1. The summed E-state index contributed by atoms with van der Waals surface area (Å²) in [5, 5.41) is 17.9. The lowest BCUT2D eigenvalue weighted by Gasteiger charge is -2.27. The lowest BCUT2D eigenvalue weighted by atomic mass is 9.95. The molecule has 1 unspecified atom stereocenters. The molecule has 178 valence electrons. The summed E-state index contributed by atoms with van der Waals surface area (Å²) in [5.74, 6) is -0.252. The van der Waals surface area contributed by atoms with Gasteiger partial charge in [0.2, 0.25) is 5.75 Å². The maximum Gasteiger partial charge on any atom is 0.273 e. The second-order valence-corrected chi connectivity index (χ2v) is 8.46. The number of hydrogen-bond donors (Lipinski definition) is 2. The van der Waals surface area contributed by atoms with Crippen molar-refractivity contribution in [1.82, 2.24) is 15.1 Å². The average Bonchev–Trinajstić information content (AvgIpc) is 3.40. The number of aryl methyl sites for hydroxylation is 1. The van der Waals surface area contributed by atoms with Crippen LogP contribution in [-0.4, -0.2) is 40.3 Å². The number of amides is 1. The summed E-state index contributed by atoms with van der Waals surface area (Å²) >= 11 is 0. The number of H-pyrrole nitrogens is 1. The van der Waals surface area contributed by atoms with E-state index >= 15 is 0 Å². The summed E-state index contributed by atoms with van der Waals surface area (Å²) in [7, 11) is 2.91. The predicted molar refractivity (Wildman–Crippen MR) is 128 cm³/mol. The molecular formula is C27H24FN3O4. The summed E-state index contributed by atoms with van der Waals surface area (Å²) in [6.07, 6.45) is 0. The van der Waals surface area contributed by atoms with E-state index in [1.165, 1.54) is 26.4 Å². The number of phenols is 1. The van der Waals surface area contributed by atoms with E-state index in [-0.39, 0.29) is 35.5 Å². The number of halogens is 1. The quantitative estimate of drug-likeness (QED) is 0.412. The fraction of sp³-hybridized carbons (Fsp3) is 0.185. The Morgan fingerprint density at radius 1 is 1.03 bits per heavy atom. The van der Waals surface area contributed by atoms with Crippen LogP contribution >= 0.6 is 0 Å². The van der Waals surface area contributed by atoms with Gasteiger partial charge in [-0.3, -0.25) is 9.89 Å². The lowest BCUT2D eigenvalue weighted by Crippen LogP contribution is -2.29. The SMILES string of the molecule is COc1cc(C2c3c(-c4ccc(C)cc4)n[nH]c3C(=O)N2Cc2ccc(F)cc2)cc(OC)c1O. The van der Waals surface area contributed by atoms with Gasteiger partial charge in [-0.25, -0.2) is 4.39 Å². The Balaban J connectivity index is 1.69. The van der Waals surface area contributed by atoms with Gasteiger partial charge in [-0.1, -0.05) is 42.0 Å². The number of fused-ring (bicyclic) bond motifs is 1. The van der Waals surface area contributed by atoms with Crippen LogP contribution < -0.4 is 9.47 Å². The molecule has 4 aromatic rings. The topological polar surface area (TPSA) is 87.7 Å². The van der Waals surface area contributed by atoms with Crippen molar-refractivity contribution in [2.75, 3.05) is 14.2 Å². The Bertz CT molecular complexity index is 1370. The third-order valence-electron chi connectivity index (χ3n) is 6.27. The Morgan fingerprint density at radius 3 is 2.26 bits per heavy atom. The van der Waals surface area contributed by atoms with Crippen LogP contribution in [0.2, 0.25) is 0 Å². The predicted octanol–water partition coefficient (Wildman–Crippen LogP) is 4.99. The fourth-order valence-electron chi connectivity index (χ4n) is 4.50. The molecule has 1 aromatic heterocycles. The molecule has 7 nitrogen and oxygen atoms in total. The highest BCUT2D eigenvalue weighted by Crippen LogP contribution is 2.47. The van der Waals surface area contributed by atoms with Crippen molar-refractivity contribution in [3.05, 3.63) is 94.4 Å². The number of rotatable bonds is 6. The van der Waals surface area contributed by atoms with Crippen LogP contribution in [-0.2, 0) is 6.54 Å². The van der Waals surface area contributed by atoms with Crippen LogP contribution in [0.4, 0.5) is 4.39 Å². The highest BCUT2D eigenvalue weighted by Gasteiger charge is 2.42. The van der Waals surface area contributed by atoms with Crippen LogP contribution in [0.5, 0.6) is 17.2 Å². The molecule has 0 bridgehead atoms. The van der Waals surface area contributed by atoms with E-state index in [0.717, 1.165) is 22.3 Å². The second kappa shape index (κ2) is 8.79. The van der Waals surface area contributed by atoms with Crippen LogP contribution in [0.1, 0.15) is 38.8 Å². The molecule has 1 aliphatic rings. The van der Waals surface area contributed by atoms with Crippen molar-refractivity contribution in [3.63, 3.8) is 0 Å². The largest absolute Gasteiger partial charge is 0.502 e.